The van der Waals surface area contributed by atoms with Gasteiger partial charge < -0.3 is 5.32 Å². The number of carbonyl (C=O) groups excluding carboxylic acids is 1. The molecule has 2 rings (SSSR count). The first kappa shape index (κ1) is 12.9. The Bertz CT molecular complexity index is 434. The highest BCUT2D eigenvalue weighted by atomic mass is 16.2. The number of anilines is 1. The first-order valence-electron chi connectivity index (χ1n) is 6.64. The van der Waals surface area contributed by atoms with Crippen molar-refractivity contribution in [3.63, 3.8) is 0 Å². The normalized spacial score (nSPS) is 19.2. The molecule has 0 bridgehead atoms. The van der Waals surface area contributed by atoms with Crippen molar-refractivity contribution in [3.05, 3.63) is 24.4 Å². The molecule has 1 aliphatic carbocycles. The van der Waals surface area contributed by atoms with Gasteiger partial charge >= 0.3 is 0 Å². The maximum absolute atomic E-state index is 12.1. The molecule has 1 amide bonds. The highest BCUT2D eigenvalue weighted by molar-refractivity contribution is 5.91. The van der Waals surface area contributed by atoms with Gasteiger partial charge in [-0.3, -0.25) is 4.79 Å². The maximum atomic E-state index is 12.1. The van der Waals surface area contributed by atoms with Crippen LogP contribution in [0.25, 0.3) is 0 Å². The Morgan fingerprint density at radius 2 is 2.39 bits per heavy atom. The fourth-order valence-electron chi connectivity index (χ4n) is 2.19. The van der Waals surface area contributed by atoms with E-state index >= 15 is 0 Å². The van der Waals surface area contributed by atoms with Crippen LogP contribution in [-0.4, -0.2) is 15.7 Å². The lowest BCUT2D eigenvalue weighted by molar-refractivity contribution is -0.120. The minimum Gasteiger partial charge on any atom is -0.311 e. The molecule has 0 radical (unpaired) electrons. The van der Waals surface area contributed by atoms with Crippen LogP contribution in [-0.2, 0) is 11.3 Å². The van der Waals surface area contributed by atoms with E-state index in [0.717, 1.165) is 31.6 Å². The van der Waals surface area contributed by atoms with Crippen molar-refractivity contribution in [2.75, 3.05) is 5.32 Å². The number of nitrogens with zero attached hydrogens (tertiary/aromatic N) is 2. The molecular weight excluding hydrogens is 226 g/mol. The van der Waals surface area contributed by atoms with E-state index < -0.39 is 0 Å². The Hall–Kier alpha value is -1.58. The van der Waals surface area contributed by atoms with Crippen LogP contribution in [0.3, 0.4) is 0 Å². The van der Waals surface area contributed by atoms with Crippen LogP contribution >= 0.6 is 0 Å². The van der Waals surface area contributed by atoms with Gasteiger partial charge in [0.1, 0.15) is 5.82 Å². The van der Waals surface area contributed by atoms with Gasteiger partial charge in [0.25, 0.3) is 0 Å². The lowest BCUT2D eigenvalue weighted by Gasteiger charge is -2.18. The van der Waals surface area contributed by atoms with Crippen LogP contribution in [0.1, 0.15) is 33.1 Å². The van der Waals surface area contributed by atoms with E-state index in [1.807, 2.05) is 10.7 Å². The third-order valence-electron chi connectivity index (χ3n) is 3.15. The van der Waals surface area contributed by atoms with E-state index in [2.05, 4.69) is 36.4 Å². The first-order chi connectivity index (χ1) is 8.66. The number of rotatable bonds is 4. The number of allylic oxidation sites excluding steroid dienone is 2. The monoisotopic (exact) mass is 247 g/mol. The van der Waals surface area contributed by atoms with Gasteiger partial charge in [-0.25, -0.2) is 4.68 Å². The van der Waals surface area contributed by atoms with E-state index in [1.165, 1.54) is 0 Å². The summed E-state index contributed by atoms with van der Waals surface area (Å²) < 4.78 is 1.86. The van der Waals surface area contributed by atoms with Gasteiger partial charge in [-0.05, 0) is 25.2 Å². The summed E-state index contributed by atoms with van der Waals surface area (Å²) in [5, 5.41) is 7.24. The average molecular weight is 247 g/mol. The highest BCUT2D eigenvalue weighted by Gasteiger charge is 2.19. The van der Waals surface area contributed by atoms with Gasteiger partial charge in [-0.1, -0.05) is 26.0 Å². The van der Waals surface area contributed by atoms with Crippen molar-refractivity contribution in [2.24, 2.45) is 11.8 Å². The molecule has 0 fully saturated rings. The molecule has 1 aromatic rings. The van der Waals surface area contributed by atoms with Crippen LogP contribution in [0.2, 0.25) is 0 Å². The lowest BCUT2D eigenvalue weighted by atomic mass is 9.94. The Morgan fingerprint density at radius 1 is 1.56 bits per heavy atom. The van der Waals surface area contributed by atoms with Gasteiger partial charge in [-0.15, -0.1) is 0 Å². The second kappa shape index (κ2) is 5.85. The molecule has 0 spiro atoms. The van der Waals surface area contributed by atoms with Crippen LogP contribution in [0.4, 0.5) is 5.82 Å². The molecule has 4 heteroatoms. The summed E-state index contributed by atoms with van der Waals surface area (Å²) in [5.74, 6) is 1.55. The SMILES string of the molecule is CC(C)Cn1nccc1NC(=O)[C@H]1CC=CCC1. The topological polar surface area (TPSA) is 46.9 Å². The van der Waals surface area contributed by atoms with Crippen molar-refractivity contribution in [1.29, 1.82) is 0 Å². The standard InChI is InChI=1S/C14H21N3O/c1-11(2)10-17-13(8-9-15-17)16-14(18)12-6-4-3-5-7-12/h3-4,8-9,11-12H,5-7,10H2,1-2H3,(H,16,18)/t12-/m0/s1. The highest BCUT2D eigenvalue weighted by Crippen LogP contribution is 2.20. The Balaban J connectivity index is 1.98. The van der Waals surface area contributed by atoms with Crippen LogP contribution in [0.5, 0.6) is 0 Å². The predicted molar refractivity (Wildman–Crippen MR) is 72.2 cm³/mol. The molecule has 0 saturated heterocycles. The van der Waals surface area contributed by atoms with E-state index in [9.17, 15) is 4.79 Å². The minimum absolute atomic E-state index is 0.109. The fraction of sp³-hybridized carbons (Fsp3) is 0.571. The minimum atomic E-state index is 0.109. The summed E-state index contributed by atoms with van der Waals surface area (Å²) in [6, 6.07) is 1.86. The van der Waals surface area contributed by atoms with Crippen molar-refractivity contribution < 1.29 is 4.79 Å². The Labute approximate surface area is 108 Å². The summed E-state index contributed by atoms with van der Waals surface area (Å²) in [6.07, 6.45) is 8.78. The molecule has 98 valence electrons. The molecule has 0 aliphatic heterocycles. The van der Waals surface area contributed by atoms with Crippen molar-refractivity contribution in [1.82, 2.24) is 9.78 Å². The van der Waals surface area contributed by atoms with Crippen LogP contribution < -0.4 is 5.32 Å². The zero-order chi connectivity index (χ0) is 13.0. The number of amides is 1. The van der Waals surface area contributed by atoms with Gasteiger partial charge in [0.05, 0.1) is 6.20 Å². The molecule has 0 aromatic carbocycles. The van der Waals surface area contributed by atoms with E-state index in [-0.39, 0.29) is 11.8 Å². The zero-order valence-electron chi connectivity index (χ0n) is 11.1. The average Bonchev–Trinajstić information content (AvgIpc) is 2.77. The largest absolute Gasteiger partial charge is 0.311 e. The summed E-state index contributed by atoms with van der Waals surface area (Å²) in [7, 11) is 0. The Kier molecular flexibility index (Phi) is 4.18. The van der Waals surface area contributed by atoms with Crippen LogP contribution in [0, 0.1) is 11.8 Å². The smallest absolute Gasteiger partial charge is 0.228 e. The summed E-state index contributed by atoms with van der Waals surface area (Å²) >= 11 is 0. The number of nitrogens with one attached hydrogen (secondary N) is 1. The lowest BCUT2D eigenvalue weighted by Crippen LogP contribution is -2.25. The number of carbonyl (C=O) groups is 1. The van der Waals surface area contributed by atoms with E-state index in [1.54, 1.807) is 6.20 Å². The van der Waals surface area contributed by atoms with Gasteiger partial charge in [0.2, 0.25) is 5.91 Å². The quantitative estimate of drug-likeness (QED) is 0.832. The molecule has 1 aromatic heterocycles. The molecular formula is C14H21N3O. The molecule has 1 aliphatic rings. The third-order valence-corrected chi connectivity index (χ3v) is 3.15. The van der Waals surface area contributed by atoms with Gasteiger partial charge in [-0.2, -0.15) is 5.10 Å². The molecule has 4 nitrogen and oxygen atoms in total. The summed E-state index contributed by atoms with van der Waals surface area (Å²) in [5.41, 5.74) is 0. The van der Waals surface area contributed by atoms with Crippen molar-refractivity contribution >= 4 is 11.7 Å². The zero-order valence-corrected chi connectivity index (χ0v) is 11.1. The maximum Gasteiger partial charge on any atom is 0.228 e. The summed E-state index contributed by atoms with van der Waals surface area (Å²) in [6.45, 7) is 5.10. The molecule has 0 unspecified atom stereocenters. The van der Waals surface area contributed by atoms with Crippen LogP contribution in [0.15, 0.2) is 24.4 Å². The first-order valence-corrected chi connectivity index (χ1v) is 6.64. The fourth-order valence-corrected chi connectivity index (χ4v) is 2.19. The Morgan fingerprint density at radius 3 is 3.06 bits per heavy atom. The second-order valence-electron chi connectivity index (χ2n) is 5.26. The van der Waals surface area contributed by atoms with Crippen molar-refractivity contribution in [3.8, 4) is 0 Å². The number of aromatic nitrogens is 2. The second-order valence-corrected chi connectivity index (χ2v) is 5.26. The molecule has 1 N–H and O–H groups in total. The third kappa shape index (κ3) is 3.22. The summed E-state index contributed by atoms with van der Waals surface area (Å²) in [4.78, 5) is 12.1. The predicted octanol–water partition coefficient (Wildman–Crippen LogP) is 2.83. The van der Waals surface area contributed by atoms with Gasteiger partial charge in [0.15, 0.2) is 0 Å². The molecule has 0 saturated carbocycles. The number of hydrogen-bond donors (Lipinski definition) is 1. The van der Waals surface area contributed by atoms with E-state index in [0.29, 0.717) is 5.92 Å². The van der Waals surface area contributed by atoms with Gasteiger partial charge in [0, 0.05) is 18.5 Å². The molecule has 18 heavy (non-hydrogen) atoms. The number of hydrogen-bond acceptors (Lipinski definition) is 2. The molecule has 1 heterocycles. The van der Waals surface area contributed by atoms with Crippen molar-refractivity contribution in [2.45, 2.75) is 39.7 Å². The molecule has 1 atom stereocenters. The van der Waals surface area contributed by atoms with E-state index in [4.69, 9.17) is 0 Å².